The number of Topliss-reactive ketones (excluding diaryl/α,β-unsaturated/α-hetero) is 1. The Morgan fingerprint density at radius 1 is 1.64 bits per heavy atom. The zero-order chi connectivity index (χ0) is 7.90. The van der Waals surface area contributed by atoms with Crippen molar-refractivity contribution in [3.63, 3.8) is 0 Å². The Labute approximate surface area is 65.4 Å². The molecule has 3 heteroatoms. The van der Waals surface area contributed by atoms with E-state index in [9.17, 15) is 4.79 Å². The summed E-state index contributed by atoms with van der Waals surface area (Å²) in [4.78, 5) is 10.7. The van der Waals surface area contributed by atoms with E-state index in [0.717, 1.165) is 6.42 Å². The molecule has 1 saturated heterocycles. The summed E-state index contributed by atoms with van der Waals surface area (Å²) >= 11 is 0. The lowest BCUT2D eigenvalue weighted by atomic mass is 9.67. The average Bonchev–Trinajstić information content (AvgIpc) is 2.31. The van der Waals surface area contributed by atoms with Gasteiger partial charge in [0.2, 0.25) is 0 Å². The summed E-state index contributed by atoms with van der Waals surface area (Å²) in [6.45, 7) is 0.764. The first-order valence-corrected chi connectivity index (χ1v) is 3.98. The van der Waals surface area contributed by atoms with Crippen LogP contribution < -0.4 is 0 Å². The first-order valence-electron chi connectivity index (χ1n) is 3.98. The minimum absolute atomic E-state index is 0.0110. The quantitative estimate of drug-likeness (QED) is 0.586. The Balaban J connectivity index is 1.94. The molecule has 2 rings (SSSR count). The van der Waals surface area contributed by atoms with Gasteiger partial charge in [-0.05, 0) is 6.42 Å². The molecule has 1 spiro atoms. The van der Waals surface area contributed by atoms with Crippen LogP contribution in [-0.2, 0) is 9.53 Å². The van der Waals surface area contributed by atoms with Crippen molar-refractivity contribution in [2.24, 2.45) is 5.41 Å². The third kappa shape index (κ3) is 1.08. The summed E-state index contributed by atoms with van der Waals surface area (Å²) in [6.07, 6.45) is 2.20. The van der Waals surface area contributed by atoms with Gasteiger partial charge in [-0.1, -0.05) is 0 Å². The highest BCUT2D eigenvalue weighted by Crippen LogP contribution is 2.46. The molecule has 2 aliphatic rings. The van der Waals surface area contributed by atoms with Crippen LogP contribution in [0.3, 0.4) is 0 Å². The number of rotatable bonds is 1. The van der Waals surface area contributed by atoms with Crippen LogP contribution in [0.2, 0.25) is 0 Å². The van der Waals surface area contributed by atoms with E-state index in [4.69, 9.17) is 9.84 Å². The van der Waals surface area contributed by atoms with Crippen molar-refractivity contribution in [1.82, 2.24) is 0 Å². The van der Waals surface area contributed by atoms with Gasteiger partial charge in [-0.25, -0.2) is 0 Å². The van der Waals surface area contributed by atoms with Gasteiger partial charge in [0.05, 0.1) is 19.3 Å². The van der Waals surface area contributed by atoms with Crippen molar-refractivity contribution in [2.45, 2.75) is 25.4 Å². The van der Waals surface area contributed by atoms with Crippen LogP contribution in [-0.4, -0.2) is 30.2 Å². The molecule has 3 nitrogen and oxygen atoms in total. The van der Waals surface area contributed by atoms with E-state index in [1.54, 1.807) is 0 Å². The number of hydrogen-bond acceptors (Lipinski definition) is 3. The van der Waals surface area contributed by atoms with E-state index in [1.165, 1.54) is 0 Å². The van der Waals surface area contributed by atoms with Crippen molar-refractivity contribution in [1.29, 1.82) is 0 Å². The maximum atomic E-state index is 10.7. The van der Waals surface area contributed by atoms with Gasteiger partial charge in [-0.15, -0.1) is 0 Å². The fraction of sp³-hybridized carbons (Fsp3) is 0.875. The fourth-order valence-corrected chi connectivity index (χ4v) is 2.04. The van der Waals surface area contributed by atoms with Gasteiger partial charge in [0, 0.05) is 18.3 Å². The van der Waals surface area contributed by atoms with Crippen molar-refractivity contribution < 1.29 is 14.6 Å². The first kappa shape index (κ1) is 7.25. The molecular formula is C8H12O3. The molecule has 0 radical (unpaired) electrons. The van der Waals surface area contributed by atoms with Crippen molar-refractivity contribution in [3.05, 3.63) is 0 Å². The first-order chi connectivity index (χ1) is 5.24. The molecule has 0 bridgehead atoms. The highest BCUT2D eigenvalue weighted by molar-refractivity contribution is 5.86. The summed E-state index contributed by atoms with van der Waals surface area (Å²) < 4.78 is 5.31. The molecule has 0 unspecified atom stereocenters. The third-order valence-corrected chi connectivity index (χ3v) is 2.63. The van der Waals surface area contributed by atoms with E-state index in [2.05, 4.69) is 0 Å². The molecule has 1 aliphatic carbocycles. The number of aliphatic hydroxyl groups excluding tert-OH is 1. The van der Waals surface area contributed by atoms with E-state index >= 15 is 0 Å². The summed E-state index contributed by atoms with van der Waals surface area (Å²) in [5.41, 5.74) is 0.129. The molecular weight excluding hydrogens is 144 g/mol. The van der Waals surface area contributed by atoms with Gasteiger partial charge in [-0.2, -0.15) is 0 Å². The monoisotopic (exact) mass is 156 g/mol. The summed E-state index contributed by atoms with van der Waals surface area (Å²) in [6, 6.07) is 0. The Morgan fingerprint density at radius 3 is 2.82 bits per heavy atom. The Morgan fingerprint density at radius 2 is 2.36 bits per heavy atom. The highest BCUT2D eigenvalue weighted by atomic mass is 16.5. The summed E-state index contributed by atoms with van der Waals surface area (Å²) in [5, 5.41) is 8.77. The lowest BCUT2D eigenvalue weighted by Gasteiger charge is -2.34. The van der Waals surface area contributed by atoms with E-state index < -0.39 is 0 Å². The molecule has 2 fully saturated rings. The van der Waals surface area contributed by atoms with Gasteiger partial charge >= 0.3 is 0 Å². The lowest BCUT2D eigenvalue weighted by Crippen LogP contribution is -2.38. The summed E-state index contributed by atoms with van der Waals surface area (Å²) in [7, 11) is 0. The van der Waals surface area contributed by atoms with E-state index in [-0.39, 0.29) is 18.1 Å². The normalized spacial score (nSPS) is 34.3. The molecule has 1 atom stereocenters. The lowest BCUT2D eigenvalue weighted by molar-refractivity contribution is -0.132. The van der Waals surface area contributed by atoms with Crippen LogP contribution in [0.1, 0.15) is 19.3 Å². The van der Waals surface area contributed by atoms with Crippen molar-refractivity contribution in [2.75, 3.05) is 13.2 Å². The van der Waals surface area contributed by atoms with Crippen molar-refractivity contribution in [3.8, 4) is 0 Å². The molecule has 1 heterocycles. The van der Waals surface area contributed by atoms with Crippen molar-refractivity contribution >= 4 is 5.78 Å². The van der Waals surface area contributed by atoms with Crippen LogP contribution in [0.25, 0.3) is 0 Å². The van der Waals surface area contributed by atoms with E-state index in [0.29, 0.717) is 25.2 Å². The van der Waals surface area contributed by atoms with Gasteiger partial charge in [-0.3, -0.25) is 4.79 Å². The maximum Gasteiger partial charge on any atom is 0.134 e. The number of hydrogen-bond donors (Lipinski definition) is 1. The molecule has 0 aromatic rings. The Kier molecular flexibility index (Phi) is 1.51. The predicted molar refractivity (Wildman–Crippen MR) is 38.1 cm³/mol. The molecule has 11 heavy (non-hydrogen) atoms. The Bertz CT molecular complexity index is 180. The van der Waals surface area contributed by atoms with Crippen LogP contribution in [0.15, 0.2) is 0 Å². The molecule has 62 valence electrons. The zero-order valence-electron chi connectivity index (χ0n) is 6.38. The molecule has 0 aromatic carbocycles. The van der Waals surface area contributed by atoms with Gasteiger partial charge in [0.25, 0.3) is 0 Å². The Hall–Kier alpha value is -0.410. The molecule has 0 aromatic heterocycles. The zero-order valence-corrected chi connectivity index (χ0v) is 6.38. The SMILES string of the molecule is O=C1CC2(CO[C@H](CO)C2)C1. The molecule has 1 aliphatic heterocycles. The molecule has 1 N–H and O–H groups in total. The summed E-state index contributed by atoms with van der Waals surface area (Å²) in [5.74, 6) is 0.340. The predicted octanol–water partition coefficient (Wildman–Crippen LogP) is 0.117. The number of ether oxygens (including phenoxy) is 1. The fourth-order valence-electron chi connectivity index (χ4n) is 2.04. The average molecular weight is 156 g/mol. The molecule has 1 saturated carbocycles. The topological polar surface area (TPSA) is 46.5 Å². The number of carbonyl (C=O) groups is 1. The number of ketones is 1. The second-order valence-electron chi connectivity index (χ2n) is 3.71. The number of carbonyl (C=O) groups excluding carboxylic acids is 1. The van der Waals surface area contributed by atoms with Crippen LogP contribution >= 0.6 is 0 Å². The van der Waals surface area contributed by atoms with Gasteiger partial charge in [0.1, 0.15) is 5.78 Å². The third-order valence-electron chi connectivity index (χ3n) is 2.63. The maximum absolute atomic E-state index is 10.7. The van der Waals surface area contributed by atoms with Crippen LogP contribution in [0.5, 0.6) is 0 Å². The molecule has 0 amide bonds. The highest BCUT2D eigenvalue weighted by Gasteiger charge is 2.49. The number of aliphatic hydroxyl groups is 1. The largest absolute Gasteiger partial charge is 0.394 e. The standard InChI is InChI=1S/C8H12O3/c9-4-7-3-8(5-11-7)1-6(10)2-8/h7,9H,1-5H2/t7-/m0/s1. The second-order valence-corrected chi connectivity index (χ2v) is 3.71. The van der Waals surface area contributed by atoms with E-state index in [1.807, 2.05) is 0 Å². The minimum Gasteiger partial charge on any atom is -0.394 e. The van der Waals surface area contributed by atoms with Gasteiger partial charge in [0.15, 0.2) is 0 Å². The smallest absolute Gasteiger partial charge is 0.134 e. The van der Waals surface area contributed by atoms with Crippen LogP contribution in [0, 0.1) is 5.41 Å². The van der Waals surface area contributed by atoms with Gasteiger partial charge < -0.3 is 9.84 Å². The second kappa shape index (κ2) is 2.29. The van der Waals surface area contributed by atoms with Crippen LogP contribution in [0.4, 0.5) is 0 Å². The minimum atomic E-state index is -0.0110.